The van der Waals surface area contributed by atoms with Crippen LogP contribution in [0.3, 0.4) is 0 Å². The molecule has 0 spiro atoms. The average Bonchev–Trinajstić information content (AvgIpc) is 2.79. The molecule has 1 aliphatic carbocycles. The molecule has 1 aromatic heterocycles. The van der Waals surface area contributed by atoms with Gasteiger partial charge < -0.3 is 20.4 Å². The molecule has 2 aromatic rings. The van der Waals surface area contributed by atoms with Crippen molar-refractivity contribution in [1.82, 2.24) is 20.2 Å². The van der Waals surface area contributed by atoms with Crippen LogP contribution in [0.2, 0.25) is 0 Å². The second kappa shape index (κ2) is 9.96. The maximum Gasteiger partial charge on any atom is 0.328 e. The highest BCUT2D eigenvalue weighted by atomic mass is 16.5. The minimum absolute atomic E-state index is 0.201. The first kappa shape index (κ1) is 21.4. The maximum atomic E-state index is 11.9. The number of benzene rings is 1. The Morgan fingerprint density at radius 1 is 1.20 bits per heavy atom. The van der Waals surface area contributed by atoms with Crippen molar-refractivity contribution in [3.63, 3.8) is 0 Å². The van der Waals surface area contributed by atoms with Crippen LogP contribution in [0.15, 0.2) is 51.8 Å². The van der Waals surface area contributed by atoms with Gasteiger partial charge >= 0.3 is 5.69 Å². The van der Waals surface area contributed by atoms with Crippen molar-refractivity contribution in [2.45, 2.75) is 32.1 Å². The van der Waals surface area contributed by atoms with E-state index in [0.717, 1.165) is 29.7 Å². The summed E-state index contributed by atoms with van der Waals surface area (Å²) in [7, 11) is 2.96. The van der Waals surface area contributed by atoms with Gasteiger partial charge in [-0.25, -0.2) is 4.79 Å². The van der Waals surface area contributed by atoms with Crippen LogP contribution < -0.4 is 26.6 Å². The van der Waals surface area contributed by atoms with Gasteiger partial charge in [-0.15, -0.1) is 0 Å². The number of allylic oxidation sites excluding steroid dienone is 1. The predicted octanol–water partition coefficient (Wildman–Crippen LogP) is 1.92. The number of aromatic amines is 1. The number of nitrogens with one attached hydrogen (secondary N) is 3. The summed E-state index contributed by atoms with van der Waals surface area (Å²) in [6, 6.07) is 4.95. The number of aromatic nitrogens is 2. The Labute approximate surface area is 174 Å². The van der Waals surface area contributed by atoms with E-state index in [1.807, 2.05) is 18.4 Å². The zero-order valence-corrected chi connectivity index (χ0v) is 17.4. The van der Waals surface area contributed by atoms with Crippen LogP contribution in [-0.4, -0.2) is 29.1 Å². The molecule has 1 amide bonds. The zero-order chi connectivity index (χ0) is 21.5. The lowest BCUT2D eigenvalue weighted by Crippen LogP contribution is -2.32. The number of rotatable bonds is 3. The highest BCUT2D eigenvalue weighted by molar-refractivity contribution is 5.81. The largest absolute Gasteiger partial charge is 0.497 e. The van der Waals surface area contributed by atoms with E-state index in [1.54, 1.807) is 18.2 Å². The van der Waals surface area contributed by atoms with Crippen LogP contribution in [0.25, 0.3) is 10.9 Å². The minimum Gasteiger partial charge on any atom is -0.497 e. The van der Waals surface area contributed by atoms with Crippen molar-refractivity contribution in [1.29, 1.82) is 0 Å². The Balaban J connectivity index is 0.000000171. The lowest BCUT2D eigenvalue weighted by molar-refractivity contribution is -0.125. The standard InChI is InChI=1S/C12H18N2O.C10H10N2O3/c15-12(10-4-2-1-3-5-10)14-11-6-8-13-9-7-11;1-12-9(13)7-5-6(15-2)3-4-8(7)11-10(12)14/h6-8,10,13H,1-5,9H2,(H,14,15);3-5H,1-2H3,(H,11,14). The van der Waals surface area contributed by atoms with Crippen molar-refractivity contribution < 1.29 is 9.53 Å². The fraction of sp³-hybridized carbons (Fsp3) is 0.409. The number of nitrogens with zero attached hydrogens (tertiary/aromatic N) is 1. The molecular weight excluding hydrogens is 384 g/mol. The number of hydrogen-bond acceptors (Lipinski definition) is 5. The van der Waals surface area contributed by atoms with Gasteiger partial charge in [-0.2, -0.15) is 0 Å². The van der Waals surface area contributed by atoms with Gasteiger partial charge in [0.1, 0.15) is 5.75 Å². The third-order valence-corrected chi connectivity index (χ3v) is 5.37. The van der Waals surface area contributed by atoms with Crippen LogP contribution in [0.4, 0.5) is 0 Å². The molecule has 2 aliphatic rings. The van der Waals surface area contributed by atoms with Gasteiger partial charge in [-0.3, -0.25) is 14.2 Å². The molecule has 8 heteroatoms. The summed E-state index contributed by atoms with van der Waals surface area (Å²) in [6.07, 6.45) is 11.6. The summed E-state index contributed by atoms with van der Waals surface area (Å²) in [6.45, 7) is 0.802. The molecule has 8 nitrogen and oxygen atoms in total. The molecule has 0 saturated heterocycles. The Kier molecular flexibility index (Phi) is 7.11. The molecule has 1 aromatic carbocycles. The van der Waals surface area contributed by atoms with Gasteiger partial charge in [0.25, 0.3) is 5.56 Å². The third-order valence-electron chi connectivity index (χ3n) is 5.37. The van der Waals surface area contributed by atoms with Crippen LogP contribution in [0.1, 0.15) is 32.1 Å². The van der Waals surface area contributed by atoms with Crippen LogP contribution in [-0.2, 0) is 11.8 Å². The monoisotopic (exact) mass is 412 g/mol. The summed E-state index contributed by atoms with van der Waals surface area (Å²) in [5, 5.41) is 6.48. The van der Waals surface area contributed by atoms with Crippen molar-refractivity contribution in [3.05, 3.63) is 63.1 Å². The van der Waals surface area contributed by atoms with Gasteiger partial charge in [0.05, 0.1) is 18.0 Å². The van der Waals surface area contributed by atoms with E-state index in [4.69, 9.17) is 4.74 Å². The number of amides is 1. The second-order valence-corrected chi connectivity index (χ2v) is 7.43. The summed E-state index contributed by atoms with van der Waals surface area (Å²) < 4.78 is 6.04. The van der Waals surface area contributed by atoms with Crippen LogP contribution >= 0.6 is 0 Å². The number of H-pyrrole nitrogens is 1. The Hall–Kier alpha value is -3.29. The van der Waals surface area contributed by atoms with E-state index in [0.29, 0.717) is 16.7 Å². The fourth-order valence-corrected chi connectivity index (χ4v) is 3.56. The molecule has 3 N–H and O–H groups in total. The van der Waals surface area contributed by atoms with E-state index in [9.17, 15) is 14.4 Å². The van der Waals surface area contributed by atoms with Crippen molar-refractivity contribution in [2.24, 2.45) is 13.0 Å². The predicted molar refractivity (Wildman–Crippen MR) is 116 cm³/mol. The molecule has 1 aliphatic heterocycles. The van der Waals surface area contributed by atoms with Gasteiger partial charge in [0, 0.05) is 25.2 Å². The number of carbonyl (C=O) groups excluding carboxylic acids is 1. The van der Waals surface area contributed by atoms with E-state index in [1.165, 1.54) is 33.4 Å². The molecule has 1 fully saturated rings. The molecule has 0 atom stereocenters. The maximum absolute atomic E-state index is 11.9. The molecule has 0 unspecified atom stereocenters. The fourth-order valence-electron chi connectivity index (χ4n) is 3.56. The van der Waals surface area contributed by atoms with Crippen molar-refractivity contribution >= 4 is 16.8 Å². The summed E-state index contributed by atoms with van der Waals surface area (Å²) >= 11 is 0. The van der Waals surface area contributed by atoms with Gasteiger partial charge in [-0.1, -0.05) is 19.3 Å². The van der Waals surface area contributed by atoms with E-state index < -0.39 is 5.69 Å². The first-order valence-electron chi connectivity index (χ1n) is 10.2. The molecule has 4 rings (SSSR count). The highest BCUT2D eigenvalue weighted by Crippen LogP contribution is 2.23. The lowest BCUT2D eigenvalue weighted by Gasteiger charge is -2.21. The first-order valence-corrected chi connectivity index (χ1v) is 10.2. The Morgan fingerprint density at radius 2 is 1.97 bits per heavy atom. The van der Waals surface area contributed by atoms with E-state index in [-0.39, 0.29) is 17.4 Å². The van der Waals surface area contributed by atoms with Gasteiger partial charge in [0.2, 0.25) is 5.91 Å². The number of ether oxygens (including phenoxy) is 1. The zero-order valence-electron chi connectivity index (χ0n) is 17.4. The molecule has 0 bridgehead atoms. The minimum atomic E-state index is -0.419. The topological polar surface area (TPSA) is 105 Å². The third kappa shape index (κ3) is 5.20. The molecule has 30 heavy (non-hydrogen) atoms. The van der Waals surface area contributed by atoms with Crippen LogP contribution in [0.5, 0.6) is 5.75 Å². The highest BCUT2D eigenvalue weighted by Gasteiger charge is 2.21. The quantitative estimate of drug-likeness (QED) is 0.714. The number of fused-ring (bicyclic) bond motifs is 1. The van der Waals surface area contributed by atoms with Gasteiger partial charge in [-0.05, 0) is 49.4 Å². The first-order chi connectivity index (χ1) is 14.5. The normalized spacial score (nSPS) is 16.1. The van der Waals surface area contributed by atoms with Gasteiger partial charge in [0.15, 0.2) is 0 Å². The molecule has 1 saturated carbocycles. The van der Waals surface area contributed by atoms with E-state index in [2.05, 4.69) is 15.6 Å². The number of dihydropyridines is 1. The summed E-state index contributed by atoms with van der Waals surface area (Å²) in [5.41, 5.74) is 0.707. The Morgan fingerprint density at radius 3 is 2.63 bits per heavy atom. The molecule has 2 heterocycles. The van der Waals surface area contributed by atoms with Crippen LogP contribution in [0, 0.1) is 5.92 Å². The SMILES string of the molecule is COc1ccc2[nH]c(=O)n(C)c(=O)c2c1.O=C(NC1=CCNC=C1)C1CCCCC1. The average molecular weight is 412 g/mol. The number of methoxy groups -OCH3 is 1. The lowest BCUT2D eigenvalue weighted by atomic mass is 9.88. The molecular formula is C22H28N4O4. The van der Waals surface area contributed by atoms with E-state index >= 15 is 0 Å². The smallest absolute Gasteiger partial charge is 0.328 e. The number of carbonyl (C=O) groups is 1. The van der Waals surface area contributed by atoms with Crippen molar-refractivity contribution in [3.8, 4) is 5.75 Å². The number of hydrogen-bond donors (Lipinski definition) is 3. The summed E-state index contributed by atoms with van der Waals surface area (Å²) in [4.78, 5) is 37.5. The molecule has 160 valence electrons. The summed E-state index contributed by atoms with van der Waals surface area (Å²) in [5.74, 6) is 1.03. The second-order valence-electron chi connectivity index (χ2n) is 7.43. The molecule has 0 radical (unpaired) electrons. The Bertz CT molecular complexity index is 1070. The van der Waals surface area contributed by atoms with Crippen molar-refractivity contribution in [2.75, 3.05) is 13.7 Å².